The number of hydrogen-bond acceptors (Lipinski definition) is 7. The molecular formula is C12H21N5O3. The maximum absolute atomic E-state index is 11.8. The second-order valence-corrected chi connectivity index (χ2v) is 4.00. The lowest BCUT2D eigenvalue weighted by Crippen LogP contribution is -2.26. The summed E-state index contributed by atoms with van der Waals surface area (Å²) in [7, 11) is 1.64. The van der Waals surface area contributed by atoms with Crippen LogP contribution in [0.15, 0.2) is 12.4 Å². The Kier molecular flexibility index (Phi) is 8.20. The summed E-state index contributed by atoms with van der Waals surface area (Å²) in [6.45, 7) is 2.41. The fourth-order valence-electron chi connectivity index (χ4n) is 1.41. The molecule has 0 atom stereocenters. The lowest BCUT2D eigenvalue weighted by molar-refractivity contribution is 0.0686. The third-order valence-corrected chi connectivity index (χ3v) is 2.45. The summed E-state index contributed by atoms with van der Waals surface area (Å²) in [6, 6.07) is 0. The first-order chi connectivity index (χ1) is 9.77. The number of anilines is 1. The van der Waals surface area contributed by atoms with E-state index in [-0.39, 0.29) is 11.6 Å². The number of carbonyl (C=O) groups is 1. The van der Waals surface area contributed by atoms with E-state index in [2.05, 4.69) is 20.7 Å². The largest absolute Gasteiger partial charge is 0.382 e. The van der Waals surface area contributed by atoms with Crippen LogP contribution in [0, 0.1) is 0 Å². The van der Waals surface area contributed by atoms with Crippen LogP contribution in [0.25, 0.3) is 0 Å². The van der Waals surface area contributed by atoms with Crippen molar-refractivity contribution in [2.45, 2.75) is 12.8 Å². The van der Waals surface area contributed by atoms with Crippen molar-refractivity contribution in [1.29, 1.82) is 0 Å². The lowest BCUT2D eigenvalue weighted by Gasteiger charge is -2.06. The van der Waals surface area contributed by atoms with Gasteiger partial charge in [0.25, 0.3) is 5.91 Å². The van der Waals surface area contributed by atoms with E-state index in [1.807, 2.05) is 0 Å². The number of aromatic nitrogens is 2. The van der Waals surface area contributed by atoms with Crippen molar-refractivity contribution in [3.05, 3.63) is 18.1 Å². The maximum atomic E-state index is 11.8. The summed E-state index contributed by atoms with van der Waals surface area (Å²) >= 11 is 0. The molecule has 0 bridgehead atoms. The summed E-state index contributed by atoms with van der Waals surface area (Å²) in [6.07, 6.45) is 4.54. The fraction of sp³-hybridized carbons (Fsp3) is 0.583. The molecule has 8 heteroatoms. The second-order valence-electron chi connectivity index (χ2n) is 4.00. The molecule has 0 saturated heterocycles. The average Bonchev–Trinajstić information content (AvgIpc) is 2.49. The highest BCUT2D eigenvalue weighted by Crippen LogP contribution is 2.00. The molecule has 0 radical (unpaired) electrons. The molecule has 0 spiro atoms. The summed E-state index contributed by atoms with van der Waals surface area (Å²) in [4.78, 5) is 19.6. The number of carbonyl (C=O) groups excluding carboxylic acids is 1. The van der Waals surface area contributed by atoms with Gasteiger partial charge in [0.15, 0.2) is 5.82 Å². The maximum Gasteiger partial charge on any atom is 0.271 e. The van der Waals surface area contributed by atoms with Gasteiger partial charge in [-0.15, -0.1) is 0 Å². The van der Waals surface area contributed by atoms with Gasteiger partial charge in [-0.25, -0.2) is 10.8 Å². The quantitative estimate of drug-likeness (QED) is 0.313. The van der Waals surface area contributed by atoms with E-state index in [0.29, 0.717) is 32.2 Å². The number of nitrogen functional groups attached to an aromatic ring is 1. The van der Waals surface area contributed by atoms with E-state index >= 15 is 0 Å². The van der Waals surface area contributed by atoms with Crippen LogP contribution >= 0.6 is 0 Å². The minimum atomic E-state index is -0.269. The molecule has 4 N–H and O–H groups in total. The number of nitrogens with two attached hydrogens (primary N) is 1. The molecule has 0 aliphatic rings. The van der Waals surface area contributed by atoms with Crippen molar-refractivity contribution in [2.24, 2.45) is 5.84 Å². The monoisotopic (exact) mass is 283 g/mol. The Labute approximate surface area is 118 Å². The smallest absolute Gasteiger partial charge is 0.271 e. The fourth-order valence-corrected chi connectivity index (χ4v) is 1.41. The van der Waals surface area contributed by atoms with E-state index in [9.17, 15) is 4.79 Å². The topological polar surface area (TPSA) is 111 Å². The molecular weight excluding hydrogens is 262 g/mol. The number of hydrogen-bond donors (Lipinski definition) is 3. The van der Waals surface area contributed by atoms with Gasteiger partial charge < -0.3 is 20.2 Å². The summed E-state index contributed by atoms with van der Waals surface area (Å²) < 4.78 is 10.2. The number of nitrogens with one attached hydrogen (secondary N) is 2. The molecule has 20 heavy (non-hydrogen) atoms. The van der Waals surface area contributed by atoms with Crippen molar-refractivity contribution in [3.8, 4) is 0 Å². The molecule has 1 aromatic rings. The van der Waals surface area contributed by atoms with Crippen molar-refractivity contribution in [1.82, 2.24) is 15.3 Å². The van der Waals surface area contributed by atoms with E-state index < -0.39 is 0 Å². The first-order valence-corrected chi connectivity index (χ1v) is 6.41. The van der Waals surface area contributed by atoms with Crippen LogP contribution in [0.1, 0.15) is 23.3 Å². The van der Waals surface area contributed by atoms with Crippen molar-refractivity contribution in [2.75, 3.05) is 38.9 Å². The Hall–Kier alpha value is -1.77. The van der Waals surface area contributed by atoms with Gasteiger partial charge in [0.1, 0.15) is 5.69 Å². The van der Waals surface area contributed by atoms with Gasteiger partial charge in [-0.1, -0.05) is 0 Å². The molecule has 1 amide bonds. The highest BCUT2D eigenvalue weighted by Gasteiger charge is 2.07. The zero-order valence-electron chi connectivity index (χ0n) is 11.6. The number of ether oxygens (including phenoxy) is 2. The molecule has 0 unspecified atom stereocenters. The van der Waals surface area contributed by atoms with Crippen LogP contribution in [0.3, 0.4) is 0 Å². The van der Waals surface area contributed by atoms with E-state index in [1.54, 1.807) is 7.11 Å². The van der Waals surface area contributed by atoms with Gasteiger partial charge in [0.05, 0.1) is 25.6 Å². The van der Waals surface area contributed by atoms with Gasteiger partial charge in [0, 0.05) is 20.3 Å². The first kappa shape index (κ1) is 16.3. The number of unbranched alkanes of at least 4 members (excludes halogenated alkanes) is 1. The predicted molar refractivity (Wildman–Crippen MR) is 74.1 cm³/mol. The molecule has 112 valence electrons. The average molecular weight is 283 g/mol. The number of methoxy groups -OCH3 is 1. The van der Waals surface area contributed by atoms with Crippen LogP contribution < -0.4 is 16.6 Å². The third kappa shape index (κ3) is 6.41. The minimum Gasteiger partial charge on any atom is -0.382 e. The SMILES string of the molecule is COCCOCCCCNC(=O)c1cncc(NN)n1. The molecule has 1 aromatic heterocycles. The molecule has 1 rings (SSSR count). The number of amides is 1. The predicted octanol–water partition coefficient (Wildman–Crippen LogP) is -0.0648. The molecule has 0 aliphatic carbocycles. The highest BCUT2D eigenvalue weighted by molar-refractivity contribution is 5.92. The molecule has 0 aromatic carbocycles. The molecule has 8 nitrogen and oxygen atoms in total. The van der Waals surface area contributed by atoms with Crippen molar-refractivity contribution >= 4 is 11.7 Å². The molecule has 0 saturated carbocycles. The van der Waals surface area contributed by atoms with Gasteiger partial charge in [-0.3, -0.25) is 9.78 Å². The molecule has 0 aliphatic heterocycles. The van der Waals surface area contributed by atoms with Crippen LogP contribution in [-0.2, 0) is 9.47 Å². The van der Waals surface area contributed by atoms with E-state index in [4.69, 9.17) is 15.3 Å². The Bertz CT molecular complexity index is 402. The Morgan fingerprint density at radius 1 is 1.30 bits per heavy atom. The highest BCUT2D eigenvalue weighted by atomic mass is 16.5. The van der Waals surface area contributed by atoms with Crippen molar-refractivity contribution in [3.63, 3.8) is 0 Å². The number of rotatable bonds is 10. The molecule has 1 heterocycles. The molecule has 0 fully saturated rings. The Morgan fingerprint density at radius 2 is 2.15 bits per heavy atom. The lowest BCUT2D eigenvalue weighted by atomic mass is 10.3. The zero-order valence-corrected chi connectivity index (χ0v) is 11.6. The van der Waals surface area contributed by atoms with Gasteiger partial charge in [-0.2, -0.15) is 0 Å². The first-order valence-electron chi connectivity index (χ1n) is 6.41. The normalized spacial score (nSPS) is 10.3. The summed E-state index contributed by atoms with van der Waals surface area (Å²) in [5.41, 5.74) is 2.58. The van der Waals surface area contributed by atoms with Crippen molar-refractivity contribution < 1.29 is 14.3 Å². The number of hydrazine groups is 1. The van der Waals surface area contributed by atoms with Gasteiger partial charge in [0.2, 0.25) is 0 Å². The van der Waals surface area contributed by atoms with E-state index in [0.717, 1.165) is 12.8 Å². The minimum absolute atomic E-state index is 0.233. The van der Waals surface area contributed by atoms with Crippen LogP contribution in [-0.4, -0.2) is 49.4 Å². The Morgan fingerprint density at radius 3 is 2.90 bits per heavy atom. The van der Waals surface area contributed by atoms with Crippen LogP contribution in [0.5, 0.6) is 0 Å². The van der Waals surface area contributed by atoms with Crippen LogP contribution in [0.2, 0.25) is 0 Å². The second kappa shape index (κ2) is 10.1. The Balaban J connectivity index is 2.13. The standard InChI is InChI=1S/C12H21N5O3/c1-19-6-7-20-5-3-2-4-15-12(18)10-8-14-9-11(16-10)17-13/h8-9H,2-7,13H2,1H3,(H,15,18)(H,16,17). The number of nitrogens with zero attached hydrogens (tertiary/aromatic N) is 2. The van der Waals surface area contributed by atoms with Crippen LogP contribution in [0.4, 0.5) is 5.82 Å². The van der Waals surface area contributed by atoms with Gasteiger partial charge >= 0.3 is 0 Å². The van der Waals surface area contributed by atoms with E-state index in [1.165, 1.54) is 12.4 Å². The zero-order chi connectivity index (χ0) is 14.6. The summed E-state index contributed by atoms with van der Waals surface area (Å²) in [5.74, 6) is 5.28. The third-order valence-electron chi connectivity index (χ3n) is 2.45. The summed E-state index contributed by atoms with van der Waals surface area (Å²) in [5, 5.41) is 2.76. The van der Waals surface area contributed by atoms with Gasteiger partial charge in [-0.05, 0) is 12.8 Å².